The second-order valence-corrected chi connectivity index (χ2v) is 4.62. The van der Waals surface area contributed by atoms with E-state index in [0.29, 0.717) is 42.5 Å². The Labute approximate surface area is 105 Å². The van der Waals surface area contributed by atoms with Gasteiger partial charge < -0.3 is 15.2 Å². The maximum Gasteiger partial charge on any atom is 0.107 e. The average Bonchev–Trinajstić information content (AvgIpc) is 2.75. The third-order valence-electron chi connectivity index (χ3n) is 2.79. The van der Waals surface area contributed by atoms with Crippen LogP contribution in [0.5, 0.6) is 0 Å². The molecular formula is C12H13ClN2O2. The van der Waals surface area contributed by atoms with Crippen molar-refractivity contribution in [3.8, 4) is 6.07 Å². The van der Waals surface area contributed by atoms with Crippen molar-refractivity contribution in [3.63, 3.8) is 0 Å². The Kier molecular flexibility index (Phi) is 3.53. The number of nitrogens with one attached hydrogen (secondary N) is 1. The van der Waals surface area contributed by atoms with E-state index in [1.807, 2.05) is 0 Å². The van der Waals surface area contributed by atoms with E-state index < -0.39 is 5.60 Å². The first-order valence-electron chi connectivity index (χ1n) is 5.37. The molecule has 1 aliphatic rings. The van der Waals surface area contributed by atoms with Crippen molar-refractivity contribution in [2.45, 2.75) is 12.0 Å². The predicted molar refractivity (Wildman–Crippen MR) is 65.0 cm³/mol. The number of nitrogens with zero attached hydrogens (tertiary/aromatic N) is 1. The monoisotopic (exact) mass is 252 g/mol. The number of nitriles is 1. The first-order valence-corrected chi connectivity index (χ1v) is 5.74. The van der Waals surface area contributed by atoms with Crippen molar-refractivity contribution in [2.75, 3.05) is 25.1 Å². The highest BCUT2D eigenvalue weighted by molar-refractivity contribution is 6.30. The molecule has 2 rings (SSSR count). The van der Waals surface area contributed by atoms with E-state index in [0.717, 1.165) is 0 Å². The molecule has 0 aliphatic carbocycles. The van der Waals surface area contributed by atoms with E-state index in [-0.39, 0.29) is 0 Å². The van der Waals surface area contributed by atoms with Crippen LogP contribution in [0.25, 0.3) is 0 Å². The van der Waals surface area contributed by atoms with Gasteiger partial charge in [0.15, 0.2) is 0 Å². The highest BCUT2D eigenvalue weighted by atomic mass is 35.5. The minimum Gasteiger partial charge on any atom is -0.386 e. The molecule has 1 heterocycles. The standard InChI is InChI=1S/C12H13ClN2O2/c13-10-1-2-11(9(5-10)6-14)15-7-12(16)3-4-17-8-12/h1-2,5,15-16H,3-4,7-8H2. The molecule has 1 atom stereocenters. The van der Waals surface area contributed by atoms with Gasteiger partial charge in [0.2, 0.25) is 0 Å². The molecule has 1 aromatic carbocycles. The van der Waals surface area contributed by atoms with Crippen LogP contribution in [0.15, 0.2) is 18.2 Å². The van der Waals surface area contributed by atoms with E-state index >= 15 is 0 Å². The molecule has 4 nitrogen and oxygen atoms in total. The summed E-state index contributed by atoms with van der Waals surface area (Å²) in [6.45, 7) is 1.27. The molecule has 0 amide bonds. The van der Waals surface area contributed by atoms with Crippen LogP contribution in [0.4, 0.5) is 5.69 Å². The summed E-state index contributed by atoms with van der Waals surface area (Å²) in [7, 11) is 0. The number of hydrogen-bond donors (Lipinski definition) is 2. The van der Waals surface area contributed by atoms with Crippen LogP contribution in [-0.4, -0.2) is 30.5 Å². The molecule has 1 saturated heterocycles. The summed E-state index contributed by atoms with van der Waals surface area (Å²) in [5, 5.41) is 22.6. The van der Waals surface area contributed by atoms with Crippen LogP contribution >= 0.6 is 11.6 Å². The molecule has 17 heavy (non-hydrogen) atoms. The molecule has 1 fully saturated rings. The summed E-state index contributed by atoms with van der Waals surface area (Å²) in [6, 6.07) is 7.11. The van der Waals surface area contributed by atoms with Crippen LogP contribution in [0.2, 0.25) is 5.02 Å². The molecule has 0 aromatic heterocycles. The summed E-state index contributed by atoms with van der Waals surface area (Å²) in [5.74, 6) is 0. The molecule has 1 unspecified atom stereocenters. The second kappa shape index (κ2) is 4.92. The van der Waals surface area contributed by atoms with Crippen LogP contribution in [0, 0.1) is 11.3 Å². The summed E-state index contributed by atoms with van der Waals surface area (Å²) in [6.07, 6.45) is 0.607. The van der Waals surface area contributed by atoms with E-state index in [2.05, 4.69) is 11.4 Å². The van der Waals surface area contributed by atoms with Crippen LogP contribution < -0.4 is 5.32 Å². The Morgan fingerprint density at radius 2 is 2.41 bits per heavy atom. The minimum atomic E-state index is -0.841. The Morgan fingerprint density at radius 3 is 3.06 bits per heavy atom. The fourth-order valence-corrected chi connectivity index (χ4v) is 1.93. The van der Waals surface area contributed by atoms with E-state index in [4.69, 9.17) is 21.6 Å². The van der Waals surface area contributed by atoms with Gasteiger partial charge in [-0.15, -0.1) is 0 Å². The largest absolute Gasteiger partial charge is 0.386 e. The van der Waals surface area contributed by atoms with Gasteiger partial charge >= 0.3 is 0 Å². The van der Waals surface area contributed by atoms with Crippen LogP contribution in [0.3, 0.4) is 0 Å². The maximum absolute atomic E-state index is 10.1. The Bertz CT molecular complexity index is 450. The van der Waals surface area contributed by atoms with Crippen molar-refractivity contribution < 1.29 is 9.84 Å². The smallest absolute Gasteiger partial charge is 0.107 e. The van der Waals surface area contributed by atoms with E-state index in [9.17, 15) is 5.11 Å². The molecule has 2 N–H and O–H groups in total. The molecule has 1 aliphatic heterocycles. The Morgan fingerprint density at radius 1 is 1.59 bits per heavy atom. The topological polar surface area (TPSA) is 65.3 Å². The van der Waals surface area contributed by atoms with E-state index in [1.165, 1.54) is 0 Å². The van der Waals surface area contributed by atoms with Gasteiger partial charge in [-0.1, -0.05) is 11.6 Å². The normalized spacial score (nSPS) is 23.4. The zero-order valence-corrected chi connectivity index (χ0v) is 10.00. The zero-order valence-electron chi connectivity index (χ0n) is 9.24. The highest BCUT2D eigenvalue weighted by Crippen LogP contribution is 2.23. The van der Waals surface area contributed by atoms with Gasteiger partial charge in [-0.05, 0) is 18.2 Å². The number of hydrogen-bond acceptors (Lipinski definition) is 4. The molecule has 0 spiro atoms. The summed E-state index contributed by atoms with van der Waals surface area (Å²) in [4.78, 5) is 0. The summed E-state index contributed by atoms with van der Waals surface area (Å²) >= 11 is 5.80. The van der Waals surface area contributed by atoms with Crippen molar-refractivity contribution >= 4 is 17.3 Å². The molecule has 90 valence electrons. The van der Waals surface area contributed by atoms with Gasteiger partial charge in [0.25, 0.3) is 0 Å². The Balaban J connectivity index is 2.06. The first kappa shape index (κ1) is 12.2. The van der Waals surface area contributed by atoms with Crippen molar-refractivity contribution in [1.29, 1.82) is 5.26 Å². The second-order valence-electron chi connectivity index (χ2n) is 4.18. The number of anilines is 1. The lowest BCUT2D eigenvalue weighted by Crippen LogP contribution is -2.37. The van der Waals surface area contributed by atoms with Gasteiger partial charge in [-0.3, -0.25) is 0 Å². The van der Waals surface area contributed by atoms with Crippen molar-refractivity contribution in [1.82, 2.24) is 0 Å². The quantitative estimate of drug-likeness (QED) is 0.861. The van der Waals surface area contributed by atoms with Crippen LogP contribution in [-0.2, 0) is 4.74 Å². The average molecular weight is 253 g/mol. The highest BCUT2D eigenvalue weighted by Gasteiger charge is 2.32. The van der Waals surface area contributed by atoms with Gasteiger partial charge in [-0.2, -0.15) is 5.26 Å². The van der Waals surface area contributed by atoms with Crippen molar-refractivity contribution in [3.05, 3.63) is 28.8 Å². The lowest BCUT2D eigenvalue weighted by atomic mass is 10.0. The molecule has 0 saturated carbocycles. The fourth-order valence-electron chi connectivity index (χ4n) is 1.76. The van der Waals surface area contributed by atoms with Gasteiger partial charge in [-0.25, -0.2) is 0 Å². The molecular weight excluding hydrogens is 240 g/mol. The minimum absolute atomic E-state index is 0.329. The number of benzene rings is 1. The third kappa shape index (κ3) is 2.89. The first-order chi connectivity index (χ1) is 8.13. The van der Waals surface area contributed by atoms with E-state index in [1.54, 1.807) is 18.2 Å². The fraction of sp³-hybridized carbons (Fsp3) is 0.417. The number of halogens is 1. The molecule has 1 aromatic rings. The number of aliphatic hydroxyl groups is 1. The molecule has 0 radical (unpaired) electrons. The lowest BCUT2D eigenvalue weighted by molar-refractivity contribution is 0.0382. The molecule has 0 bridgehead atoms. The summed E-state index contributed by atoms with van der Waals surface area (Å²) < 4.78 is 5.15. The Hall–Kier alpha value is -1.28. The number of rotatable bonds is 3. The SMILES string of the molecule is N#Cc1cc(Cl)ccc1NCC1(O)CCOC1. The zero-order chi connectivity index (χ0) is 12.3. The van der Waals surface area contributed by atoms with Gasteiger partial charge in [0, 0.05) is 24.6 Å². The summed E-state index contributed by atoms with van der Waals surface area (Å²) in [5.41, 5.74) is 0.309. The number of ether oxygens (including phenoxy) is 1. The molecule has 5 heteroatoms. The van der Waals surface area contributed by atoms with Gasteiger partial charge in [0.1, 0.15) is 11.7 Å². The lowest BCUT2D eigenvalue weighted by Gasteiger charge is -2.21. The van der Waals surface area contributed by atoms with Gasteiger partial charge in [0.05, 0.1) is 17.9 Å². The third-order valence-corrected chi connectivity index (χ3v) is 3.03. The predicted octanol–water partition coefficient (Wildman–Crippen LogP) is 1.77. The maximum atomic E-state index is 10.1. The van der Waals surface area contributed by atoms with Crippen molar-refractivity contribution in [2.24, 2.45) is 0 Å². The van der Waals surface area contributed by atoms with Crippen LogP contribution in [0.1, 0.15) is 12.0 Å².